The van der Waals surface area contributed by atoms with E-state index in [-0.39, 0.29) is 0 Å². The van der Waals surface area contributed by atoms with Gasteiger partial charge in [0, 0.05) is 6.21 Å². The lowest BCUT2D eigenvalue weighted by molar-refractivity contribution is 1.21. The zero-order valence-electron chi connectivity index (χ0n) is 8.25. The third-order valence-electron chi connectivity index (χ3n) is 1.90. The molecule has 0 atom stereocenters. The maximum absolute atomic E-state index is 4.30. The highest BCUT2D eigenvalue weighted by Gasteiger charge is 2.00. The van der Waals surface area contributed by atoms with Crippen LogP contribution in [0.15, 0.2) is 52.7 Å². The van der Waals surface area contributed by atoms with E-state index in [2.05, 4.69) is 36.7 Å². The minimum atomic E-state index is 1.00. The number of hydrogen-bond acceptors (Lipinski definition) is 1. The van der Waals surface area contributed by atoms with E-state index in [1.807, 2.05) is 19.2 Å². The minimum absolute atomic E-state index is 1.00. The molecule has 1 heteroatoms. The SMILES string of the molecule is C=CC1=C(N=CC)C=C(C)CC=C1. The summed E-state index contributed by atoms with van der Waals surface area (Å²) in [4.78, 5) is 4.30. The zero-order valence-corrected chi connectivity index (χ0v) is 8.25. The fourth-order valence-electron chi connectivity index (χ4n) is 1.26. The summed E-state index contributed by atoms with van der Waals surface area (Å²) in [5.41, 5.74) is 3.42. The number of nitrogens with zero attached hydrogens (tertiary/aromatic N) is 1. The molecule has 0 aromatic heterocycles. The molecule has 0 spiro atoms. The fraction of sp³-hybridized carbons (Fsp3) is 0.250. The second-order valence-electron chi connectivity index (χ2n) is 3.03. The minimum Gasteiger partial charge on any atom is -0.261 e. The van der Waals surface area contributed by atoms with Gasteiger partial charge in [0.25, 0.3) is 0 Å². The van der Waals surface area contributed by atoms with Gasteiger partial charge < -0.3 is 0 Å². The van der Waals surface area contributed by atoms with Crippen molar-refractivity contribution < 1.29 is 0 Å². The van der Waals surface area contributed by atoms with E-state index in [0.29, 0.717) is 0 Å². The maximum atomic E-state index is 4.30. The van der Waals surface area contributed by atoms with Crippen LogP contribution < -0.4 is 0 Å². The first-order valence-corrected chi connectivity index (χ1v) is 4.47. The Balaban J connectivity index is 3.15. The van der Waals surface area contributed by atoms with E-state index in [9.17, 15) is 0 Å². The van der Waals surface area contributed by atoms with Gasteiger partial charge in [0.15, 0.2) is 0 Å². The van der Waals surface area contributed by atoms with Crippen molar-refractivity contribution in [1.29, 1.82) is 0 Å². The van der Waals surface area contributed by atoms with Crippen LogP contribution in [0.25, 0.3) is 0 Å². The molecule has 0 unspecified atom stereocenters. The Morgan fingerprint density at radius 1 is 1.54 bits per heavy atom. The molecule has 0 aromatic carbocycles. The quantitative estimate of drug-likeness (QED) is 0.567. The third-order valence-corrected chi connectivity index (χ3v) is 1.90. The topological polar surface area (TPSA) is 12.4 Å². The Morgan fingerprint density at radius 3 is 2.92 bits per heavy atom. The molecule has 68 valence electrons. The monoisotopic (exact) mass is 173 g/mol. The second kappa shape index (κ2) is 4.61. The molecular formula is C12H15N. The average molecular weight is 173 g/mol. The molecular weight excluding hydrogens is 158 g/mol. The van der Waals surface area contributed by atoms with Crippen LogP contribution in [0.3, 0.4) is 0 Å². The molecule has 1 aliphatic carbocycles. The van der Waals surface area contributed by atoms with Crippen molar-refractivity contribution in [3.8, 4) is 0 Å². The predicted molar refractivity (Wildman–Crippen MR) is 58.9 cm³/mol. The van der Waals surface area contributed by atoms with E-state index in [1.54, 1.807) is 0 Å². The lowest BCUT2D eigenvalue weighted by Gasteiger charge is -1.97. The summed E-state index contributed by atoms with van der Waals surface area (Å²) in [7, 11) is 0. The summed E-state index contributed by atoms with van der Waals surface area (Å²) in [6, 6.07) is 0. The average Bonchev–Trinajstić information content (AvgIpc) is 2.28. The molecule has 0 radical (unpaired) electrons. The lowest BCUT2D eigenvalue weighted by Crippen LogP contribution is -1.80. The maximum Gasteiger partial charge on any atom is 0.0697 e. The first kappa shape index (κ1) is 9.72. The summed E-state index contributed by atoms with van der Waals surface area (Å²) in [6.07, 6.45) is 11.0. The van der Waals surface area contributed by atoms with Crippen LogP contribution >= 0.6 is 0 Å². The molecule has 1 nitrogen and oxygen atoms in total. The van der Waals surface area contributed by atoms with Gasteiger partial charge in [-0.15, -0.1) is 0 Å². The largest absolute Gasteiger partial charge is 0.261 e. The van der Waals surface area contributed by atoms with Crippen LogP contribution in [-0.4, -0.2) is 6.21 Å². The molecule has 0 aromatic rings. The van der Waals surface area contributed by atoms with Gasteiger partial charge in [-0.1, -0.05) is 30.4 Å². The second-order valence-corrected chi connectivity index (χ2v) is 3.03. The van der Waals surface area contributed by atoms with Crippen molar-refractivity contribution in [2.45, 2.75) is 20.3 Å². The summed E-state index contributed by atoms with van der Waals surface area (Å²) >= 11 is 0. The summed E-state index contributed by atoms with van der Waals surface area (Å²) in [6.45, 7) is 7.81. The Labute approximate surface area is 79.9 Å². The van der Waals surface area contributed by atoms with Crippen molar-refractivity contribution in [2.75, 3.05) is 0 Å². The highest BCUT2D eigenvalue weighted by molar-refractivity contribution is 5.58. The van der Waals surface area contributed by atoms with Crippen LogP contribution in [0.4, 0.5) is 0 Å². The molecule has 0 fully saturated rings. The van der Waals surface area contributed by atoms with E-state index in [0.717, 1.165) is 17.7 Å². The van der Waals surface area contributed by atoms with Gasteiger partial charge in [-0.3, -0.25) is 4.99 Å². The van der Waals surface area contributed by atoms with Gasteiger partial charge in [0.2, 0.25) is 0 Å². The van der Waals surface area contributed by atoms with Gasteiger partial charge in [-0.2, -0.15) is 0 Å². The third kappa shape index (κ3) is 2.55. The van der Waals surface area contributed by atoms with E-state index in [1.165, 1.54) is 5.57 Å². The number of aliphatic imine (C=N–C) groups is 1. The van der Waals surface area contributed by atoms with Crippen molar-refractivity contribution in [1.82, 2.24) is 0 Å². The van der Waals surface area contributed by atoms with Crippen molar-refractivity contribution in [3.63, 3.8) is 0 Å². The normalized spacial score (nSPS) is 17.5. The highest BCUT2D eigenvalue weighted by Crippen LogP contribution is 2.18. The number of hydrogen-bond donors (Lipinski definition) is 0. The first-order valence-electron chi connectivity index (χ1n) is 4.47. The highest BCUT2D eigenvalue weighted by atomic mass is 14.7. The van der Waals surface area contributed by atoms with Crippen molar-refractivity contribution in [2.24, 2.45) is 4.99 Å². The van der Waals surface area contributed by atoms with Crippen LogP contribution in [0.5, 0.6) is 0 Å². The van der Waals surface area contributed by atoms with Crippen LogP contribution in [-0.2, 0) is 0 Å². The van der Waals surface area contributed by atoms with Gasteiger partial charge >= 0.3 is 0 Å². The molecule has 0 saturated heterocycles. The molecule has 0 amide bonds. The smallest absolute Gasteiger partial charge is 0.0697 e. The van der Waals surface area contributed by atoms with Gasteiger partial charge in [0.1, 0.15) is 0 Å². The molecule has 0 heterocycles. The Bertz CT molecular complexity index is 314. The molecule has 0 N–H and O–H groups in total. The van der Waals surface area contributed by atoms with Crippen LogP contribution in [0.2, 0.25) is 0 Å². The van der Waals surface area contributed by atoms with Gasteiger partial charge in [-0.05, 0) is 31.9 Å². The lowest BCUT2D eigenvalue weighted by atomic mass is 10.2. The van der Waals surface area contributed by atoms with Crippen LogP contribution in [0.1, 0.15) is 20.3 Å². The van der Waals surface area contributed by atoms with E-state index in [4.69, 9.17) is 0 Å². The van der Waals surface area contributed by atoms with Gasteiger partial charge in [0.05, 0.1) is 5.70 Å². The Kier molecular flexibility index (Phi) is 3.44. The molecule has 13 heavy (non-hydrogen) atoms. The van der Waals surface area contributed by atoms with Crippen molar-refractivity contribution >= 4 is 6.21 Å². The number of allylic oxidation sites excluding steroid dienone is 6. The molecule has 1 rings (SSSR count). The standard InChI is InChI=1S/C12H15N/c1-4-11-8-6-7-10(3)9-12(11)13-5-2/h4-6,8-9H,1,7H2,2-3H3. The fourth-order valence-corrected chi connectivity index (χ4v) is 1.26. The summed E-state index contributed by atoms with van der Waals surface area (Å²) < 4.78 is 0. The first-order chi connectivity index (χ1) is 6.27. The van der Waals surface area contributed by atoms with Crippen molar-refractivity contribution in [3.05, 3.63) is 47.7 Å². The molecule has 0 saturated carbocycles. The molecule has 1 aliphatic rings. The number of rotatable bonds is 2. The summed E-state index contributed by atoms with van der Waals surface area (Å²) in [5.74, 6) is 0. The van der Waals surface area contributed by atoms with Crippen LogP contribution in [0, 0.1) is 0 Å². The Morgan fingerprint density at radius 2 is 2.31 bits per heavy atom. The van der Waals surface area contributed by atoms with E-state index >= 15 is 0 Å². The molecule has 0 aliphatic heterocycles. The predicted octanol–water partition coefficient (Wildman–Crippen LogP) is 3.42. The molecule has 0 bridgehead atoms. The Hall–Kier alpha value is -1.37. The van der Waals surface area contributed by atoms with E-state index < -0.39 is 0 Å². The summed E-state index contributed by atoms with van der Waals surface area (Å²) in [5, 5.41) is 0. The van der Waals surface area contributed by atoms with Gasteiger partial charge in [-0.25, -0.2) is 0 Å². The zero-order chi connectivity index (χ0) is 9.68.